The summed E-state index contributed by atoms with van der Waals surface area (Å²) < 4.78 is 5.18. The van der Waals surface area contributed by atoms with Crippen LogP contribution in [0.2, 0.25) is 0 Å². The number of carbonyl (C=O) groups is 2. The van der Waals surface area contributed by atoms with Crippen LogP contribution < -0.4 is 4.90 Å². The molecule has 1 aromatic heterocycles. The molecule has 124 valence electrons. The van der Waals surface area contributed by atoms with Crippen LogP contribution in [-0.2, 0) is 17.6 Å². The third kappa shape index (κ3) is 2.40. The number of nitrogens with zero attached hydrogens (tertiary/aromatic N) is 2. The second-order valence-electron chi connectivity index (χ2n) is 6.45. The summed E-state index contributed by atoms with van der Waals surface area (Å²) in [5.74, 6) is 0.00851. The summed E-state index contributed by atoms with van der Waals surface area (Å²) >= 11 is 0. The van der Waals surface area contributed by atoms with Crippen molar-refractivity contribution in [3.05, 3.63) is 53.5 Å². The third-order valence-corrected chi connectivity index (χ3v) is 5.04. The maximum Gasteiger partial charge on any atom is 0.290 e. The minimum Gasteiger partial charge on any atom is -0.459 e. The molecule has 4 rings (SSSR count). The van der Waals surface area contributed by atoms with Gasteiger partial charge >= 0.3 is 0 Å². The molecule has 1 fully saturated rings. The number of carbonyl (C=O) groups excluding carboxylic acids is 2. The summed E-state index contributed by atoms with van der Waals surface area (Å²) in [6.45, 7) is 2.79. The number of anilines is 1. The highest BCUT2D eigenvalue weighted by Crippen LogP contribution is 2.28. The van der Waals surface area contributed by atoms with E-state index in [-0.39, 0.29) is 17.6 Å². The number of hydrogen-bond donors (Lipinski definition) is 0. The molecule has 1 saturated heterocycles. The Labute approximate surface area is 140 Å². The quantitative estimate of drug-likeness (QED) is 0.853. The smallest absolute Gasteiger partial charge is 0.290 e. The average Bonchev–Trinajstić information content (AvgIpc) is 3.27. The van der Waals surface area contributed by atoms with E-state index in [0.717, 1.165) is 18.5 Å². The highest BCUT2D eigenvalue weighted by atomic mass is 16.3. The molecule has 5 nitrogen and oxygen atoms in total. The third-order valence-electron chi connectivity index (χ3n) is 5.04. The Morgan fingerprint density at radius 3 is 2.79 bits per heavy atom. The van der Waals surface area contributed by atoms with Crippen LogP contribution in [0.15, 0.2) is 41.0 Å². The minimum absolute atomic E-state index is 0.0425. The van der Waals surface area contributed by atoms with Crippen molar-refractivity contribution in [1.82, 2.24) is 4.90 Å². The number of piperazine rings is 1. The molecule has 1 atom stereocenters. The van der Waals surface area contributed by atoms with Gasteiger partial charge in [-0.05, 0) is 61.6 Å². The van der Waals surface area contributed by atoms with Crippen molar-refractivity contribution < 1.29 is 14.0 Å². The molecule has 2 aromatic rings. The van der Waals surface area contributed by atoms with E-state index in [1.807, 2.05) is 6.07 Å². The Kier molecular flexibility index (Phi) is 3.63. The summed E-state index contributed by atoms with van der Waals surface area (Å²) in [5.41, 5.74) is 3.69. The fourth-order valence-electron chi connectivity index (χ4n) is 3.67. The lowest BCUT2D eigenvalue weighted by molar-refractivity contribution is -0.124. The van der Waals surface area contributed by atoms with E-state index in [4.69, 9.17) is 4.42 Å². The van der Waals surface area contributed by atoms with Gasteiger partial charge in [-0.3, -0.25) is 9.59 Å². The van der Waals surface area contributed by atoms with Gasteiger partial charge in [0.2, 0.25) is 5.91 Å². The molecule has 0 radical (unpaired) electrons. The second kappa shape index (κ2) is 5.82. The van der Waals surface area contributed by atoms with Gasteiger partial charge < -0.3 is 14.2 Å². The lowest BCUT2D eigenvalue weighted by atomic mass is 10.1. The maximum absolute atomic E-state index is 12.8. The minimum atomic E-state index is -0.496. The zero-order valence-corrected chi connectivity index (χ0v) is 13.7. The Morgan fingerprint density at radius 1 is 1.17 bits per heavy atom. The molecule has 1 aromatic carbocycles. The zero-order chi connectivity index (χ0) is 16.7. The number of aryl methyl sites for hydroxylation is 2. The predicted octanol–water partition coefficient (Wildman–Crippen LogP) is 2.65. The Hall–Kier alpha value is -2.56. The zero-order valence-electron chi connectivity index (χ0n) is 13.7. The Bertz CT molecular complexity index is 782. The van der Waals surface area contributed by atoms with Gasteiger partial charge in [-0.25, -0.2) is 0 Å². The van der Waals surface area contributed by atoms with E-state index in [1.54, 1.807) is 28.9 Å². The van der Waals surface area contributed by atoms with Crippen molar-refractivity contribution in [2.75, 3.05) is 18.0 Å². The Balaban J connectivity index is 1.55. The molecule has 1 aliphatic heterocycles. The number of hydrogen-bond acceptors (Lipinski definition) is 3. The van der Waals surface area contributed by atoms with Crippen molar-refractivity contribution in [3.63, 3.8) is 0 Å². The molecule has 0 spiro atoms. The van der Waals surface area contributed by atoms with E-state index >= 15 is 0 Å². The molecule has 2 aliphatic rings. The first-order chi connectivity index (χ1) is 11.6. The predicted molar refractivity (Wildman–Crippen MR) is 90.0 cm³/mol. The van der Waals surface area contributed by atoms with Gasteiger partial charge in [0, 0.05) is 18.8 Å². The topological polar surface area (TPSA) is 53.8 Å². The van der Waals surface area contributed by atoms with Crippen molar-refractivity contribution in [3.8, 4) is 0 Å². The number of benzene rings is 1. The van der Waals surface area contributed by atoms with Crippen LogP contribution >= 0.6 is 0 Å². The van der Waals surface area contributed by atoms with Crippen LogP contribution in [0.4, 0.5) is 5.69 Å². The standard InChI is InChI=1S/C19H20N2O3/c1-13-18(22)21(16-8-7-14-4-2-5-15(14)12-16)10-9-20(13)19(23)17-6-3-11-24-17/h3,6-8,11-13H,2,4-5,9-10H2,1H3. The molecular formula is C19H20N2O3. The first-order valence-corrected chi connectivity index (χ1v) is 8.43. The number of fused-ring (bicyclic) bond motifs is 1. The van der Waals surface area contributed by atoms with Crippen LogP contribution in [0.5, 0.6) is 0 Å². The van der Waals surface area contributed by atoms with Gasteiger partial charge in [0.1, 0.15) is 6.04 Å². The normalized spacial score (nSPS) is 20.4. The van der Waals surface area contributed by atoms with Crippen molar-refractivity contribution in [2.24, 2.45) is 0 Å². The van der Waals surface area contributed by atoms with Crippen molar-refractivity contribution in [2.45, 2.75) is 32.2 Å². The van der Waals surface area contributed by atoms with Crippen LogP contribution in [0.3, 0.4) is 0 Å². The van der Waals surface area contributed by atoms with E-state index in [9.17, 15) is 9.59 Å². The van der Waals surface area contributed by atoms with Gasteiger partial charge in [-0.2, -0.15) is 0 Å². The van der Waals surface area contributed by atoms with Crippen LogP contribution in [-0.4, -0.2) is 35.8 Å². The van der Waals surface area contributed by atoms with Crippen molar-refractivity contribution >= 4 is 17.5 Å². The summed E-state index contributed by atoms with van der Waals surface area (Å²) in [6.07, 6.45) is 4.88. The molecule has 2 heterocycles. The number of furan rings is 1. The van der Waals surface area contributed by atoms with Crippen LogP contribution in [0.1, 0.15) is 35.0 Å². The highest BCUT2D eigenvalue weighted by molar-refractivity contribution is 6.02. The highest BCUT2D eigenvalue weighted by Gasteiger charge is 2.36. The summed E-state index contributed by atoms with van der Waals surface area (Å²) in [7, 11) is 0. The number of amides is 2. The molecule has 0 N–H and O–H groups in total. The molecule has 24 heavy (non-hydrogen) atoms. The van der Waals surface area contributed by atoms with E-state index < -0.39 is 6.04 Å². The fourth-order valence-corrected chi connectivity index (χ4v) is 3.67. The van der Waals surface area contributed by atoms with Gasteiger partial charge in [0.05, 0.1) is 6.26 Å². The fraction of sp³-hybridized carbons (Fsp3) is 0.368. The maximum atomic E-state index is 12.8. The van der Waals surface area contributed by atoms with E-state index in [1.165, 1.54) is 23.8 Å². The molecule has 0 saturated carbocycles. The van der Waals surface area contributed by atoms with Gasteiger partial charge in [-0.15, -0.1) is 0 Å². The molecule has 1 unspecified atom stereocenters. The molecule has 2 amide bonds. The van der Waals surface area contributed by atoms with E-state index in [2.05, 4.69) is 12.1 Å². The first kappa shape index (κ1) is 15.0. The molecular weight excluding hydrogens is 304 g/mol. The summed E-state index contributed by atoms with van der Waals surface area (Å²) in [6, 6.07) is 9.11. The van der Waals surface area contributed by atoms with Gasteiger partial charge in [0.25, 0.3) is 5.91 Å². The molecule has 1 aliphatic carbocycles. The molecule has 5 heteroatoms. The van der Waals surface area contributed by atoms with Gasteiger partial charge in [-0.1, -0.05) is 6.07 Å². The lowest BCUT2D eigenvalue weighted by Crippen LogP contribution is -2.57. The number of rotatable bonds is 2. The SMILES string of the molecule is CC1C(=O)N(c2ccc3c(c2)CCC3)CCN1C(=O)c1ccco1. The summed E-state index contributed by atoms with van der Waals surface area (Å²) in [5, 5.41) is 0. The monoisotopic (exact) mass is 324 g/mol. The largest absolute Gasteiger partial charge is 0.459 e. The first-order valence-electron chi connectivity index (χ1n) is 8.43. The van der Waals surface area contributed by atoms with Crippen molar-refractivity contribution in [1.29, 1.82) is 0 Å². The van der Waals surface area contributed by atoms with Crippen LogP contribution in [0, 0.1) is 0 Å². The molecule has 0 bridgehead atoms. The van der Waals surface area contributed by atoms with Crippen LogP contribution in [0.25, 0.3) is 0 Å². The lowest BCUT2D eigenvalue weighted by Gasteiger charge is -2.38. The second-order valence-corrected chi connectivity index (χ2v) is 6.45. The Morgan fingerprint density at radius 2 is 2.00 bits per heavy atom. The average molecular weight is 324 g/mol. The van der Waals surface area contributed by atoms with Gasteiger partial charge in [0.15, 0.2) is 5.76 Å². The summed E-state index contributed by atoms with van der Waals surface area (Å²) in [4.78, 5) is 28.7. The van der Waals surface area contributed by atoms with E-state index in [0.29, 0.717) is 13.1 Å².